The molecule has 1 heterocycles. The summed E-state index contributed by atoms with van der Waals surface area (Å²) in [6.07, 6.45) is 0.671. The zero-order chi connectivity index (χ0) is 20.1. The lowest BCUT2D eigenvalue weighted by Gasteiger charge is -2.09. The van der Waals surface area contributed by atoms with Crippen molar-refractivity contribution in [3.63, 3.8) is 0 Å². The molecule has 0 spiro atoms. The molecule has 7 heteroatoms. The van der Waals surface area contributed by atoms with Crippen LogP contribution in [0.1, 0.15) is 23.4 Å². The summed E-state index contributed by atoms with van der Waals surface area (Å²) in [5, 5.41) is 13.9. The van der Waals surface area contributed by atoms with E-state index >= 15 is 0 Å². The number of rotatable bonds is 7. The van der Waals surface area contributed by atoms with Crippen LogP contribution in [0.15, 0.2) is 42.5 Å². The Morgan fingerprint density at radius 3 is 2.50 bits per heavy atom. The summed E-state index contributed by atoms with van der Waals surface area (Å²) in [6, 6.07) is 13.1. The van der Waals surface area contributed by atoms with E-state index in [1.807, 2.05) is 19.9 Å². The molecule has 0 N–H and O–H groups in total. The molecule has 0 bridgehead atoms. The zero-order valence-corrected chi connectivity index (χ0v) is 16.3. The fourth-order valence-corrected chi connectivity index (χ4v) is 2.99. The molecule has 2 aromatic carbocycles. The third kappa shape index (κ3) is 4.44. The highest BCUT2D eigenvalue weighted by molar-refractivity contribution is 6.31. The van der Waals surface area contributed by atoms with Gasteiger partial charge in [-0.15, -0.1) is 0 Å². The van der Waals surface area contributed by atoms with Gasteiger partial charge >= 0.3 is 0 Å². The van der Waals surface area contributed by atoms with Gasteiger partial charge in [0.15, 0.2) is 5.75 Å². The maximum absolute atomic E-state index is 12.9. The Hall–Kier alpha value is -3.04. The van der Waals surface area contributed by atoms with Crippen LogP contribution in [0.5, 0.6) is 11.5 Å². The highest BCUT2D eigenvalue weighted by Crippen LogP contribution is 2.27. The van der Waals surface area contributed by atoms with Crippen LogP contribution in [0.4, 0.5) is 4.39 Å². The molecule has 0 aliphatic heterocycles. The Kier molecular flexibility index (Phi) is 6.17. The number of aromatic nitrogens is 2. The fraction of sp³-hybridized carbons (Fsp3) is 0.238. The Morgan fingerprint density at radius 1 is 1.11 bits per heavy atom. The summed E-state index contributed by atoms with van der Waals surface area (Å²) in [4.78, 5) is 0. The standard InChI is InChI=1S/C21H19ClFN3O2/c1-14-21(28-11-3-10-27-19-8-5-17(23)6-9-19)15(2)26(25-14)18-7-4-16(13-24)20(22)12-18/h4-9,12H,3,10-11H2,1-2H3. The number of nitrogens with zero attached hydrogens (tertiary/aromatic N) is 3. The number of benzene rings is 2. The van der Waals surface area contributed by atoms with Crippen LogP contribution in [0, 0.1) is 31.0 Å². The molecule has 3 rings (SSSR count). The van der Waals surface area contributed by atoms with Gasteiger partial charge in [0.1, 0.15) is 23.3 Å². The lowest BCUT2D eigenvalue weighted by Crippen LogP contribution is -2.06. The maximum Gasteiger partial charge on any atom is 0.163 e. The monoisotopic (exact) mass is 399 g/mol. The largest absolute Gasteiger partial charge is 0.493 e. The molecule has 0 atom stereocenters. The summed E-state index contributed by atoms with van der Waals surface area (Å²) >= 11 is 6.13. The number of aryl methyl sites for hydroxylation is 1. The lowest BCUT2D eigenvalue weighted by molar-refractivity contribution is 0.245. The molecule has 0 aliphatic carbocycles. The Balaban J connectivity index is 1.60. The smallest absolute Gasteiger partial charge is 0.163 e. The summed E-state index contributed by atoms with van der Waals surface area (Å²) in [5.74, 6) is 1.05. The number of hydrogen-bond acceptors (Lipinski definition) is 4. The van der Waals surface area contributed by atoms with E-state index in [9.17, 15) is 4.39 Å². The zero-order valence-electron chi connectivity index (χ0n) is 15.6. The minimum absolute atomic E-state index is 0.290. The van der Waals surface area contributed by atoms with Gasteiger partial charge in [0.2, 0.25) is 0 Å². The summed E-state index contributed by atoms with van der Waals surface area (Å²) < 4.78 is 26.1. The molecule has 0 unspecified atom stereocenters. The molecule has 0 aliphatic rings. The molecule has 0 radical (unpaired) electrons. The minimum Gasteiger partial charge on any atom is -0.493 e. The normalized spacial score (nSPS) is 10.5. The second kappa shape index (κ2) is 8.77. The first-order valence-electron chi connectivity index (χ1n) is 8.77. The van der Waals surface area contributed by atoms with Crippen molar-refractivity contribution < 1.29 is 13.9 Å². The predicted octanol–water partition coefficient (Wildman–Crippen LogP) is 5.00. The molecule has 0 saturated carbocycles. The van der Waals surface area contributed by atoms with E-state index in [0.29, 0.717) is 41.7 Å². The number of hydrogen-bond donors (Lipinski definition) is 0. The second-order valence-corrected chi connectivity index (χ2v) is 6.60. The van der Waals surface area contributed by atoms with Gasteiger partial charge in [0.05, 0.1) is 35.2 Å². The molecule has 28 heavy (non-hydrogen) atoms. The van der Waals surface area contributed by atoms with Crippen molar-refractivity contribution >= 4 is 11.6 Å². The summed E-state index contributed by atoms with van der Waals surface area (Å²) in [7, 11) is 0. The van der Waals surface area contributed by atoms with E-state index in [1.165, 1.54) is 12.1 Å². The van der Waals surface area contributed by atoms with E-state index in [0.717, 1.165) is 17.1 Å². The van der Waals surface area contributed by atoms with Crippen molar-refractivity contribution in [1.29, 1.82) is 5.26 Å². The second-order valence-electron chi connectivity index (χ2n) is 6.19. The van der Waals surface area contributed by atoms with Crippen molar-refractivity contribution in [3.8, 4) is 23.3 Å². The Bertz CT molecular complexity index is 1010. The number of nitriles is 1. The Morgan fingerprint density at radius 2 is 1.82 bits per heavy atom. The molecule has 0 amide bonds. The van der Waals surface area contributed by atoms with Crippen LogP contribution in [-0.2, 0) is 0 Å². The number of halogens is 2. The van der Waals surface area contributed by atoms with E-state index in [4.69, 9.17) is 26.3 Å². The van der Waals surface area contributed by atoms with Gasteiger partial charge in [0.25, 0.3) is 0 Å². The van der Waals surface area contributed by atoms with Gasteiger partial charge in [-0.05, 0) is 56.3 Å². The van der Waals surface area contributed by atoms with Gasteiger partial charge in [0, 0.05) is 6.42 Å². The molecule has 144 valence electrons. The molecular formula is C21H19ClFN3O2. The first-order chi connectivity index (χ1) is 13.5. The van der Waals surface area contributed by atoms with Gasteiger partial charge < -0.3 is 9.47 Å². The van der Waals surface area contributed by atoms with Crippen molar-refractivity contribution in [2.75, 3.05) is 13.2 Å². The molecular weight excluding hydrogens is 381 g/mol. The molecule has 5 nitrogen and oxygen atoms in total. The van der Waals surface area contributed by atoms with Gasteiger partial charge in [-0.25, -0.2) is 9.07 Å². The van der Waals surface area contributed by atoms with Crippen LogP contribution in [-0.4, -0.2) is 23.0 Å². The van der Waals surface area contributed by atoms with E-state index in [1.54, 1.807) is 35.0 Å². The van der Waals surface area contributed by atoms with Gasteiger partial charge in [-0.3, -0.25) is 0 Å². The van der Waals surface area contributed by atoms with Crippen molar-refractivity contribution in [2.45, 2.75) is 20.3 Å². The van der Waals surface area contributed by atoms with Crippen LogP contribution >= 0.6 is 11.6 Å². The maximum atomic E-state index is 12.9. The fourth-order valence-electron chi connectivity index (χ4n) is 2.77. The van der Waals surface area contributed by atoms with Gasteiger partial charge in [-0.2, -0.15) is 10.4 Å². The molecule has 0 fully saturated rings. The lowest BCUT2D eigenvalue weighted by atomic mass is 10.2. The highest BCUT2D eigenvalue weighted by atomic mass is 35.5. The SMILES string of the molecule is Cc1nn(-c2ccc(C#N)c(Cl)c2)c(C)c1OCCCOc1ccc(F)cc1. The quantitative estimate of drug-likeness (QED) is 0.524. The topological polar surface area (TPSA) is 60.1 Å². The van der Waals surface area contributed by atoms with Crippen LogP contribution in [0.3, 0.4) is 0 Å². The van der Waals surface area contributed by atoms with Crippen LogP contribution in [0.2, 0.25) is 5.02 Å². The van der Waals surface area contributed by atoms with Crippen LogP contribution in [0.25, 0.3) is 5.69 Å². The third-order valence-electron chi connectivity index (χ3n) is 4.16. The molecule has 1 aromatic heterocycles. The summed E-state index contributed by atoms with van der Waals surface area (Å²) in [6.45, 7) is 4.71. The van der Waals surface area contributed by atoms with Gasteiger partial charge in [-0.1, -0.05) is 11.6 Å². The number of ether oxygens (including phenoxy) is 2. The first-order valence-corrected chi connectivity index (χ1v) is 9.15. The van der Waals surface area contributed by atoms with E-state index in [-0.39, 0.29) is 5.82 Å². The average molecular weight is 400 g/mol. The Labute approximate surface area is 167 Å². The van der Waals surface area contributed by atoms with Crippen LogP contribution < -0.4 is 9.47 Å². The van der Waals surface area contributed by atoms with Crippen molar-refractivity contribution in [1.82, 2.24) is 9.78 Å². The molecule has 3 aromatic rings. The van der Waals surface area contributed by atoms with Crippen molar-refractivity contribution in [2.24, 2.45) is 0 Å². The van der Waals surface area contributed by atoms with E-state index < -0.39 is 0 Å². The summed E-state index contributed by atoms with van der Waals surface area (Å²) in [5.41, 5.74) is 2.79. The van der Waals surface area contributed by atoms with Crippen molar-refractivity contribution in [3.05, 3.63) is 70.3 Å². The highest BCUT2D eigenvalue weighted by Gasteiger charge is 2.15. The van der Waals surface area contributed by atoms with E-state index in [2.05, 4.69) is 5.10 Å². The average Bonchev–Trinajstić information content (AvgIpc) is 2.97. The third-order valence-corrected chi connectivity index (χ3v) is 4.47. The minimum atomic E-state index is -0.290. The predicted molar refractivity (Wildman–Crippen MR) is 105 cm³/mol. The molecule has 0 saturated heterocycles. The first kappa shape index (κ1) is 19.7.